The molecule has 0 saturated heterocycles. The third-order valence-corrected chi connectivity index (χ3v) is 1.19. The SMILES string of the molecule is CCCCOS(=O)(=O)O.CN(C)C.N. The lowest BCUT2D eigenvalue weighted by Crippen LogP contribution is -2.04. The molecule has 0 aliphatic carbocycles. The fourth-order valence-corrected chi connectivity index (χ4v) is 0.637. The maximum atomic E-state index is 9.84. The van der Waals surface area contributed by atoms with E-state index in [0.717, 1.165) is 6.42 Å². The predicted octanol–water partition coefficient (Wildman–Crippen LogP) is 0.946. The Bertz CT molecular complexity index is 189. The molecule has 0 spiro atoms. The van der Waals surface area contributed by atoms with Crippen LogP contribution in [-0.2, 0) is 14.6 Å². The number of nitrogens with zero attached hydrogens (tertiary/aromatic N) is 1. The van der Waals surface area contributed by atoms with E-state index in [1.165, 1.54) is 0 Å². The van der Waals surface area contributed by atoms with Crippen LogP contribution in [0.15, 0.2) is 0 Å². The first-order valence-corrected chi connectivity index (χ1v) is 5.39. The van der Waals surface area contributed by atoms with E-state index < -0.39 is 10.4 Å². The largest absolute Gasteiger partial charge is 0.397 e. The highest BCUT2D eigenvalue weighted by Gasteiger charge is 2.00. The van der Waals surface area contributed by atoms with Crippen molar-refractivity contribution in [2.45, 2.75) is 19.8 Å². The second-order valence-electron chi connectivity index (χ2n) is 2.94. The van der Waals surface area contributed by atoms with Crippen LogP contribution in [0, 0.1) is 0 Å². The zero-order chi connectivity index (χ0) is 10.9. The van der Waals surface area contributed by atoms with Gasteiger partial charge in [-0.2, -0.15) is 8.42 Å². The zero-order valence-corrected chi connectivity index (χ0v) is 10.2. The highest BCUT2D eigenvalue weighted by molar-refractivity contribution is 7.80. The van der Waals surface area contributed by atoms with Gasteiger partial charge in [-0.1, -0.05) is 13.3 Å². The summed E-state index contributed by atoms with van der Waals surface area (Å²) in [5, 5.41) is 0. The van der Waals surface area contributed by atoms with Crippen molar-refractivity contribution in [1.29, 1.82) is 0 Å². The smallest absolute Gasteiger partial charge is 0.344 e. The molecule has 14 heavy (non-hydrogen) atoms. The Balaban J connectivity index is -0.000000209. The van der Waals surface area contributed by atoms with E-state index in [1.807, 2.05) is 33.0 Å². The summed E-state index contributed by atoms with van der Waals surface area (Å²) in [5.74, 6) is 0. The van der Waals surface area contributed by atoms with Crippen LogP contribution < -0.4 is 6.15 Å². The minimum absolute atomic E-state index is 0. The van der Waals surface area contributed by atoms with Gasteiger partial charge in [-0.25, -0.2) is 4.18 Å². The van der Waals surface area contributed by atoms with Crippen LogP contribution in [0.3, 0.4) is 0 Å². The number of hydrogen-bond acceptors (Lipinski definition) is 5. The lowest BCUT2D eigenvalue weighted by atomic mass is 10.4. The molecule has 0 saturated carbocycles. The molecule has 0 aromatic carbocycles. The summed E-state index contributed by atoms with van der Waals surface area (Å²) in [6.07, 6.45) is 1.48. The molecule has 0 fully saturated rings. The minimum atomic E-state index is -4.20. The average molecular weight is 230 g/mol. The topological polar surface area (TPSA) is 102 Å². The molecule has 0 aliphatic heterocycles. The molecule has 0 heterocycles. The first-order chi connectivity index (χ1) is 5.79. The van der Waals surface area contributed by atoms with E-state index in [0.29, 0.717) is 6.42 Å². The van der Waals surface area contributed by atoms with Crippen molar-refractivity contribution in [3.63, 3.8) is 0 Å². The van der Waals surface area contributed by atoms with Gasteiger partial charge in [-0.3, -0.25) is 4.55 Å². The van der Waals surface area contributed by atoms with Crippen molar-refractivity contribution in [3.05, 3.63) is 0 Å². The number of unbranched alkanes of at least 4 members (excludes halogenated alkanes) is 1. The summed E-state index contributed by atoms with van der Waals surface area (Å²) in [4.78, 5) is 2.00. The Morgan fingerprint density at radius 3 is 1.86 bits per heavy atom. The van der Waals surface area contributed by atoms with E-state index in [-0.39, 0.29) is 12.8 Å². The zero-order valence-electron chi connectivity index (χ0n) is 9.36. The fraction of sp³-hybridized carbons (Fsp3) is 1.00. The summed E-state index contributed by atoms with van der Waals surface area (Å²) in [7, 11) is 1.80. The van der Waals surface area contributed by atoms with Crippen LogP contribution in [0.4, 0.5) is 0 Å². The molecule has 0 unspecified atom stereocenters. The number of rotatable bonds is 4. The van der Waals surface area contributed by atoms with Gasteiger partial charge in [0.1, 0.15) is 0 Å². The van der Waals surface area contributed by atoms with Crippen LogP contribution >= 0.6 is 0 Å². The minimum Gasteiger partial charge on any atom is -0.344 e. The molecule has 0 atom stereocenters. The summed E-state index contributed by atoms with van der Waals surface area (Å²) in [6, 6.07) is 0. The van der Waals surface area contributed by atoms with Crippen molar-refractivity contribution in [2.24, 2.45) is 0 Å². The summed E-state index contributed by atoms with van der Waals surface area (Å²) >= 11 is 0. The predicted molar refractivity (Wildman–Crippen MR) is 57.0 cm³/mol. The molecule has 0 aromatic rings. The van der Waals surface area contributed by atoms with E-state index in [1.54, 1.807) is 0 Å². The molecular weight excluding hydrogens is 208 g/mol. The van der Waals surface area contributed by atoms with E-state index >= 15 is 0 Å². The van der Waals surface area contributed by atoms with Gasteiger partial charge in [0, 0.05) is 0 Å². The summed E-state index contributed by atoms with van der Waals surface area (Å²) in [6.45, 7) is 1.96. The van der Waals surface area contributed by atoms with Gasteiger partial charge < -0.3 is 11.1 Å². The molecular formula is C7H22N2O4S. The maximum absolute atomic E-state index is 9.84. The van der Waals surface area contributed by atoms with Gasteiger partial charge in [-0.05, 0) is 27.6 Å². The van der Waals surface area contributed by atoms with Gasteiger partial charge in [0.05, 0.1) is 6.61 Å². The second kappa shape index (κ2) is 10.9. The molecule has 6 nitrogen and oxygen atoms in total. The summed E-state index contributed by atoms with van der Waals surface area (Å²) in [5.41, 5.74) is 0. The Labute approximate surface area is 86.8 Å². The molecule has 0 radical (unpaired) electrons. The monoisotopic (exact) mass is 230 g/mol. The highest BCUT2D eigenvalue weighted by Crippen LogP contribution is 1.91. The molecule has 0 rings (SSSR count). The van der Waals surface area contributed by atoms with E-state index in [4.69, 9.17) is 4.55 Å². The van der Waals surface area contributed by atoms with Crippen molar-refractivity contribution in [2.75, 3.05) is 27.7 Å². The van der Waals surface area contributed by atoms with Gasteiger partial charge in [0.15, 0.2) is 0 Å². The lowest BCUT2D eigenvalue weighted by molar-refractivity contribution is 0.264. The van der Waals surface area contributed by atoms with E-state index in [2.05, 4.69) is 4.18 Å². The van der Waals surface area contributed by atoms with Crippen molar-refractivity contribution < 1.29 is 17.2 Å². The summed E-state index contributed by atoms with van der Waals surface area (Å²) < 4.78 is 31.7. The van der Waals surface area contributed by atoms with Crippen LogP contribution in [0.2, 0.25) is 0 Å². The van der Waals surface area contributed by atoms with Crippen LogP contribution in [0.1, 0.15) is 19.8 Å². The molecule has 7 heteroatoms. The maximum Gasteiger partial charge on any atom is 0.397 e. The third kappa shape index (κ3) is 40.9. The Hall–Kier alpha value is -0.210. The highest BCUT2D eigenvalue weighted by atomic mass is 32.3. The molecule has 4 N–H and O–H groups in total. The molecule has 0 aromatic heterocycles. The molecule has 0 aliphatic rings. The van der Waals surface area contributed by atoms with Gasteiger partial charge >= 0.3 is 10.4 Å². The first kappa shape index (κ1) is 19.4. The van der Waals surface area contributed by atoms with Crippen LogP contribution in [0.25, 0.3) is 0 Å². The van der Waals surface area contributed by atoms with Crippen LogP contribution in [0.5, 0.6) is 0 Å². The average Bonchev–Trinajstić information content (AvgIpc) is 1.83. The van der Waals surface area contributed by atoms with Gasteiger partial charge in [0.25, 0.3) is 0 Å². The Morgan fingerprint density at radius 2 is 1.64 bits per heavy atom. The quantitative estimate of drug-likeness (QED) is 0.550. The van der Waals surface area contributed by atoms with Crippen LogP contribution in [-0.4, -0.2) is 45.6 Å². The standard InChI is InChI=1S/C4H10O4S.C3H9N.H3N/c1-2-3-4-8-9(5,6)7;1-4(2)3;/h2-4H2,1H3,(H,5,6,7);1-3H3;1H3. The fourth-order valence-electron chi connectivity index (χ4n) is 0.309. The van der Waals surface area contributed by atoms with Gasteiger partial charge in [-0.15, -0.1) is 0 Å². The van der Waals surface area contributed by atoms with Crippen molar-refractivity contribution >= 4 is 10.4 Å². The first-order valence-electron chi connectivity index (χ1n) is 4.02. The molecule has 0 amide bonds. The van der Waals surface area contributed by atoms with Crippen molar-refractivity contribution in [3.8, 4) is 0 Å². The molecule has 0 bridgehead atoms. The molecule has 90 valence electrons. The van der Waals surface area contributed by atoms with Crippen molar-refractivity contribution in [1.82, 2.24) is 11.1 Å². The normalized spacial score (nSPS) is 10.1. The number of hydrogen-bond donors (Lipinski definition) is 2. The van der Waals surface area contributed by atoms with E-state index in [9.17, 15) is 8.42 Å². The third-order valence-electron chi connectivity index (χ3n) is 0.730. The van der Waals surface area contributed by atoms with Gasteiger partial charge in [0.2, 0.25) is 0 Å². The Morgan fingerprint density at radius 1 is 1.29 bits per heavy atom. The Kier molecular flexibility index (Phi) is 15.0. The second-order valence-corrected chi connectivity index (χ2v) is 4.04. The lowest BCUT2D eigenvalue weighted by Gasteiger charge is -1.95.